The fraction of sp³-hybridized carbons (Fsp3) is 0.783. The number of phosphoric ester groups is 1. The molecule has 102 heavy (non-hydrogen) atoms. The van der Waals surface area contributed by atoms with Crippen LogP contribution < -0.4 is 0 Å². The van der Waals surface area contributed by atoms with Gasteiger partial charge in [0.25, 0.3) is 0 Å². The molecule has 0 amide bonds. The first kappa shape index (κ1) is 98.7. The predicted molar refractivity (Wildman–Crippen MR) is 445 cm³/mol. The van der Waals surface area contributed by atoms with E-state index in [2.05, 4.69) is 123 Å². The number of hydrogen-bond donors (Lipinski definition) is 1. The molecule has 10 heteroatoms. The van der Waals surface area contributed by atoms with Gasteiger partial charge in [0.1, 0.15) is 19.8 Å². The quantitative estimate of drug-likeness (QED) is 0.0211. The zero-order chi connectivity index (χ0) is 74.0. The van der Waals surface area contributed by atoms with E-state index in [1.165, 1.54) is 295 Å². The van der Waals surface area contributed by atoms with Crippen molar-refractivity contribution in [3.63, 3.8) is 0 Å². The molecule has 592 valence electrons. The Morgan fingerprint density at radius 1 is 0.314 bits per heavy atom. The van der Waals surface area contributed by atoms with Crippen LogP contribution in [-0.2, 0) is 32.7 Å². The molecule has 0 rings (SSSR count). The summed E-state index contributed by atoms with van der Waals surface area (Å²) in [4.78, 5) is 36.1. The van der Waals surface area contributed by atoms with E-state index in [9.17, 15) is 19.0 Å². The summed E-state index contributed by atoms with van der Waals surface area (Å²) in [6.07, 6.45) is 117. The summed E-state index contributed by atoms with van der Waals surface area (Å²) in [7, 11) is 1.49. The van der Waals surface area contributed by atoms with Gasteiger partial charge in [0.15, 0.2) is 6.10 Å². The lowest BCUT2D eigenvalue weighted by Crippen LogP contribution is -2.37. The Morgan fingerprint density at radius 2 is 0.559 bits per heavy atom. The number of esters is 2. The van der Waals surface area contributed by atoms with Crippen molar-refractivity contribution < 1.29 is 42.1 Å². The van der Waals surface area contributed by atoms with Crippen LogP contribution in [0.25, 0.3) is 0 Å². The molecule has 0 bridgehead atoms. The average Bonchev–Trinajstić information content (AvgIpc) is 0.914. The summed E-state index contributed by atoms with van der Waals surface area (Å²) < 4.78 is 34.9. The summed E-state index contributed by atoms with van der Waals surface area (Å²) >= 11 is 0. The minimum absolute atomic E-state index is 0.0319. The molecule has 0 fully saturated rings. The maximum Gasteiger partial charge on any atom is 0.472 e. The van der Waals surface area contributed by atoms with E-state index in [0.717, 1.165) is 83.5 Å². The number of hydrogen-bond acceptors (Lipinski definition) is 7. The number of carbonyl (C=O) groups is 2. The topological polar surface area (TPSA) is 108 Å². The van der Waals surface area contributed by atoms with Crippen molar-refractivity contribution in [1.82, 2.24) is 0 Å². The number of phosphoric acid groups is 1. The first-order valence-corrected chi connectivity index (χ1v) is 45.1. The SMILES string of the molecule is CC/C=C\C/C=C\C/C=C\C/C=C\C/C=C\C/C=C\CCCCCCCCCCCCCCCCCCCCCCC(=O)OC(COC(=O)CCCCCCCCCCCCCCCCCCCCCCCCCC/C=C\C/C=C\C/C=C\CCCCCCC)COP(=O)(O)OCC[N+](C)(C)C. The highest BCUT2D eigenvalue weighted by atomic mass is 31.2. The molecule has 0 aliphatic carbocycles. The van der Waals surface area contributed by atoms with Crippen molar-refractivity contribution in [1.29, 1.82) is 0 Å². The van der Waals surface area contributed by atoms with E-state index in [-0.39, 0.29) is 25.6 Å². The van der Waals surface area contributed by atoms with Gasteiger partial charge in [-0.3, -0.25) is 18.6 Å². The van der Waals surface area contributed by atoms with Crippen LogP contribution in [0, 0.1) is 0 Å². The Hall–Kier alpha value is -3.33. The Labute approximate surface area is 633 Å². The Morgan fingerprint density at radius 3 is 0.833 bits per heavy atom. The van der Waals surface area contributed by atoms with E-state index < -0.39 is 26.5 Å². The average molecular weight is 1450 g/mol. The minimum atomic E-state index is -4.40. The van der Waals surface area contributed by atoms with Crippen LogP contribution in [-0.4, -0.2) is 74.9 Å². The predicted octanol–water partition coefficient (Wildman–Crippen LogP) is 29.5. The van der Waals surface area contributed by atoms with Crippen LogP contribution in [0.15, 0.2) is 109 Å². The highest BCUT2D eigenvalue weighted by molar-refractivity contribution is 7.47. The minimum Gasteiger partial charge on any atom is -0.462 e. The second kappa shape index (κ2) is 81.7. The Bertz CT molecular complexity index is 2100. The fourth-order valence-corrected chi connectivity index (χ4v) is 13.4. The summed E-state index contributed by atoms with van der Waals surface area (Å²) in [6, 6.07) is 0. The Kier molecular flexibility index (Phi) is 79.1. The van der Waals surface area contributed by atoms with E-state index >= 15 is 0 Å². The number of likely N-dealkylation sites (N-methyl/N-ethyl adjacent to an activating group) is 1. The van der Waals surface area contributed by atoms with E-state index in [1.807, 2.05) is 21.1 Å². The lowest BCUT2D eigenvalue weighted by atomic mass is 10.0. The molecular formula is C92H167NO8P+. The maximum absolute atomic E-state index is 12.9. The first-order chi connectivity index (χ1) is 50.0. The third kappa shape index (κ3) is 85.6. The highest BCUT2D eigenvalue weighted by Gasteiger charge is 2.27. The normalized spacial score (nSPS) is 13.5. The molecule has 0 aromatic rings. The van der Waals surface area contributed by atoms with Crippen molar-refractivity contribution in [2.45, 2.75) is 418 Å². The number of quaternary nitrogens is 1. The number of carbonyl (C=O) groups excluding carboxylic acids is 2. The standard InChI is InChI=1S/C92H166NO8P/c1-6-8-10-12-14-16-18-20-22-24-26-28-30-32-34-36-38-40-42-44-46-48-50-52-54-56-58-60-62-64-66-68-70-72-74-76-78-80-82-84-91(94)98-88-90(89-100-102(96,97)99-87-86-93(3,4)5)101-92(95)85-83-81-79-77-75-73-71-69-67-65-63-61-59-57-55-53-51-49-47-45-43-41-39-37-35-33-31-29-27-25-23-21-19-17-15-13-11-9-7-2/h9,11,15,17-18,20-21,23-24,26-27,29-30,32-33,35,39,41,90H,6-8,10,12-14,16,19,22,25,28,31,34,36-38,40,42-89H2,1-5H3/p+1/b11-9-,17-15-,20-18-,23-21-,26-24-,29-27-,32-30-,35-33-,41-39-. The molecular weight excluding hydrogens is 1280 g/mol. The molecule has 0 aliphatic rings. The smallest absolute Gasteiger partial charge is 0.462 e. The van der Waals surface area contributed by atoms with Gasteiger partial charge in [0.2, 0.25) is 0 Å². The zero-order valence-corrected chi connectivity index (χ0v) is 68.7. The third-order valence-corrected chi connectivity index (χ3v) is 20.3. The summed E-state index contributed by atoms with van der Waals surface area (Å²) in [5, 5.41) is 0. The molecule has 1 N–H and O–H groups in total. The van der Waals surface area contributed by atoms with Crippen LogP contribution in [0.2, 0.25) is 0 Å². The van der Waals surface area contributed by atoms with Gasteiger partial charge in [-0.15, -0.1) is 0 Å². The molecule has 2 unspecified atom stereocenters. The molecule has 0 saturated heterocycles. The molecule has 9 nitrogen and oxygen atoms in total. The monoisotopic (exact) mass is 1450 g/mol. The third-order valence-electron chi connectivity index (χ3n) is 19.3. The van der Waals surface area contributed by atoms with Crippen LogP contribution in [0.1, 0.15) is 412 Å². The lowest BCUT2D eigenvalue weighted by Gasteiger charge is -2.24. The van der Waals surface area contributed by atoms with Gasteiger partial charge >= 0.3 is 19.8 Å². The molecule has 2 atom stereocenters. The van der Waals surface area contributed by atoms with Gasteiger partial charge in [-0.2, -0.15) is 0 Å². The van der Waals surface area contributed by atoms with Gasteiger partial charge in [0.05, 0.1) is 27.7 Å². The fourth-order valence-electron chi connectivity index (χ4n) is 12.7. The molecule has 0 aromatic heterocycles. The van der Waals surface area contributed by atoms with E-state index in [0.29, 0.717) is 23.9 Å². The van der Waals surface area contributed by atoms with Crippen molar-refractivity contribution in [3.05, 3.63) is 109 Å². The first-order valence-electron chi connectivity index (χ1n) is 43.6. The Balaban J connectivity index is 3.89. The molecule has 0 spiro atoms. The molecule has 0 aliphatic heterocycles. The molecule has 0 heterocycles. The number of allylic oxidation sites excluding steroid dienone is 18. The molecule has 0 radical (unpaired) electrons. The largest absolute Gasteiger partial charge is 0.472 e. The van der Waals surface area contributed by atoms with Crippen LogP contribution >= 0.6 is 7.82 Å². The van der Waals surface area contributed by atoms with Gasteiger partial charge in [-0.1, -0.05) is 406 Å². The van der Waals surface area contributed by atoms with E-state index in [1.54, 1.807) is 0 Å². The molecule has 0 aromatic carbocycles. The summed E-state index contributed by atoms with van der Waals surface area (Å²) in [5.74, 6) is -0.777. The van der Waals surface area contributed by atoms with Crippen molar-refractivity contribution in [2.75, 3.05) is 47.5 Å². The van der Waals surface area contributed by atoms with Gasteiger partial charge in [-0.05, 0) is 103 Å². The second-order valence-electron chi connectivity index (χ2n) is 30.5. The highest BCUT2D eigenvalue weighted by Crippen LogP contribution is 2.43. The maximum atomic E-state index is 12.9. The van der Waals surface area contributed by atoms with Crippen LogP contribution in [0.5, 0.6) is 0 Å². The summed E-state index contributed by atoms with van der Waals surface area (Å²) in [5.41, 5.74) is 0. The van der Waals surface area contributed by atoms with Gasteiger partial charge in [0, 0.05) is 12.8 Å². The molecule has 0 saturated carbocycles. The van der Waals surface area contributed by atoms with Crippen molar-refractivity contribution in [3.8, 4) is 0 Å². The zero-order valence-electron chi connectivity index (χ0n) is 67.8. The summed E-state index contributed by atoms with van der Waals surface area (Å²) in [6.45, 7) is 4.36. The number of rotatable bonds is 81. The lowest BCUT2D eigenvalue weighted by molar-refractivity contribution is -0.870. The second-order valence-corrected chi connectivity index (χ2v) is 32.0. The van der Waals surface area contributed by atoms with Crippen LogP contribution in [0.4, 0.5) is 0 Å². The van der Waals surface area contributed by atoms with Gasteiger partial charge < -0.3 is 18.9 Å². The van der Waals surface area contributed by atoms with Crippen molar-refractivity contribution >= 4 is 19.8 Å². The number of nitrogens with zero attached hydrogens (tertiary/aromatic N) is 1. The van der Waals surface area contributed by atoms with E-state index in [4.69, 9.17) is 18.5 Å². The van der Waals surface area contributed by atoms with Gasteiger partial charge in [-0.25, -0.2) is 4.57 Å². The van der Waals surface area contributed by atoms with Crippen LogP contribution in [0.3, 0.4) is 0 Å². The van der Waals surface area contributed by atoms with Crippen molar-refractivity contribution in [2.24, 2.45) is 0 Å². The number of unbranched alkanes of at least 4 members (excludes halogenated alkanes) is 49. The number of ether oxygens (including phenoxy) is 2.